The van der Waals surface area contributed by atoms with Crippen molar-refractivity contribution in [2.24, 2.45) is 0 Å². The third-order valence-electron chi connectivity index (χ3n) is 5.87. The lowest BCUT2D eigenvalue weighted by Crippen LogP contribution is -2.52. The van der Waals surface area contributed by atoms with Crippen molar-refractivity contribution in [3.05, 3.63) is 66.0 Å². The van der Waals surface area contributed by atoms with E-state index in [2.05, 4.69) is 27.4 Å². The van der Waals surface area contributed by atoms with Crippen molar-refractivity contribution in [2.75, 3.05) is 11.9 Å². The summed E-state index contributed by atoms with van der Waals surface area (Å²) >= 11 is 0. The summed E-state index contributed by atoms with van der Waals surface area (Å²) < 4.78 is 5.84. The van der Waals surface area contributed by atoms with E-state index in [9.17, 15) is 4.79 Å². The summed E-state index contributed by atoms with van der Waals surface area (Å²) in [6, 6.07) is 13.9. The number of oxazole rings is 1. The minimum absolute atomic E-state index is 0.0242. The van der Waals surface area contributed by atoms with Gasteiger partial charge in [0.1, 0.15) is 5.52 Å². The molecule has 2 aromatic heterocycles. The number of aromatic nitrogens is 4. The summed E-state index contributed by atoms with van der Waals surface area (Å²) in [4.78, 5) is 21.5. The Morgan fingerprint density at radius 1 is 1.16 bits per heavy atom. The molecule has 1 N–H and O–H groups in total. The maximum Gasteiger partial charge on any atom is 0.295 e. The molecule has 1 amide bonds. The summed E-state index contributed by atoms with van der Waals surface area (Å²) in [5.41, 5.74) is 3.90. The number of aryl methyl sites for hydroxylation is 1. The molecule has 0 aliphatic carbocycles. The smallest absolute Gasteiger partial charge is 0.295 e. The van der Waals surface area contributed by atoms with E-state index in [1.165, 1.54) is 4.80 Å². The molecule has 0 radical (unpaired) electrons. The molecular weight excluding hydrogens is 392 g/mol. The van der Waals surface area contributed by atoms with Crippen LogP contribution in [0.2, 0.25) is 0 Å². The predicted molar refractivity (Wildman–Crippen MR) is 117 cm³/mol. The summed E-state index contributed by atoms with van der Waals surface area (Å²) in [5, 5.41) is 11.9. The number of rotatable bonds is 4. The van der Waals surface area contributed by atoms with E-state index in [-0.39, 0.29) is 18.0 Å². The van der Waals surface area contributed by atoms with Gasteiger partial charge in [-0.15, -0.1) is 0 Å². The molecule has 4 aromatic rings. The van der Waals surface area contributed by atoms with Crippen LogP contribution in [-0.4, -0.2) is 49.4 Å². The van der Waals surface area contributed by atoms with Gasteiger partial charge in [0.2, 0.25) is 0 Å². The van der Waals surface area contributed by atoms with Gasteiger partial charge in [-0.2, -0.15) is 20.0 Å². The lowest BCUT2D eigenvalue weighted by molar-refractivity contribution is 0.0615. The molecule has 2 atom stereocenters. The average molecular weight is 416 g/mol. The van der Waals surface area contributed by atoms with Gasteiger partial charge in [0.05, 0.1) is 29.7 Å². The van der Waals surface area contributed by atoms with Crippen LogP contribution in [0.1, 0.15) is 35.7 Å². The lowest BCUT2D eigenvalue weighted by atomic mass is 9.96. The number of carbonyl (C=O) groups excluding carboxylic acids is 1. The van der Waals surface area contributed by atoms with Crippen molar-refractivity contribution in [1.82, 2.24) is 24.9 Å². The molecule has 1 aliphatic rings. The number of amides is 1. The fourth-order valence-corrected chi connectivity index (χ4v) is 4.20. The highest BCUT2D eigenvalue weighted by Gasteiger charge is 2.33. The number of carbonyl (C=O) groups is 1. The summed E-state index contributed by atoms with van der Waals surface area (Å²) in [6.45, 7) is 4.76. The molecule has 2 aromatic carbocycles. The molecule has 31 heavy (non-hydrogen) atoms. The number of anilines is 1. The highest BCUT2D eigenvalue weighted by molar-refractivity contribution is 5.98. The van der Waals surface area contributed by atoms with E-state index in [1.807, 2.05) is 54.3 Å². The van der Waals surface area contributed by atoms with Crippen LogP contribution in [-0.2, 0) is 0 Å². The van der Waals surface area contributed by atoms with Crippen LogP contribution in [0, 0.1) is 6.92 Å². The molecule has 8 heteroatoms. The number of nitrogens with one attached hydrogen (secondary N) is 1. The SMILES string of the molecule is Cc1ccc(C(=O)N2CCC[C@@H](Nc3nc4ccccc4o3)[C@@H]2C)c(-n2nccn2)c1. The number of para-hydroxylation sites is 2. The third-order valence-corrected chi connectivity index (χ3v) is 5.87. The van der Waals surface area contributed by atoms with Crippen molar-refractivity contribution in [3.63, 3.8) is 0 Å². The Kier molecular flexibility index (Phi) is 4.89. The average Bonchev–Trinajstić information content (AvgIpc) is 3.44. The molecule has 1 saturated heterocycles. The quantitative estimate of drug-likeness (QED) is 0.544. The molecule has 158 valence electrons. The van der Waals surface area contributed by atoms with Gasteiger partial charge in [-0.25, -0.2) is 0 Å². The number of benzene rings is 2. The first-order valence-electron chi connectivity index (χ1n) is 10.5. The van der Waals surface area contributed by atoms with E-state index in [0.29, 0.717) is 23.8 Å². The van der Waals surface area contributed by atoms with Crippen LogP contribution >= 0.6 is 0 Å². The van der Waals surface area contributed by atoms with E-state index < -0.39 is 0 Å². The van der Waals surface area contributed by atoms with Gasteiger partial charge in [0.25, 0.3) is 11.9 Å². The summed E-state index contributed by atoms with van der Waals surface area (Å²) in [6.07, 6.45) is 5.06. The topological polar surface area (TPSA) is 89.1 Å². The van der Waals surface area contributed by atoms with Gasteiger partial charge in [-0.3, -0.25) is 4.79 Å². The molecule has 5 rings (SSSR count). The van der Waals surface area contributed by atoms with E-state index in [1.54, 1.807) is 12.4 Å². The predicted octanol–water partition coefficient (Wildman–Crippen LogP) is 3.82. The Bertz CT molecular complexity index is 1180. The fourth-order valence-electron chi connectivity index (χ4n) is 4.20. The van der Waals surface area contributed by atoms with Gasteiger partial charge in [0.15, 0.2) is 5.58 Å². The molecule has 0 saturated carbocycles. The first-order valence-corrected chi connectivity index (χ1v) is 10.5. The van der Waals surface area contributed by atoms with Crippen molar-refractivity contribution in [1.29, 1.82) is 0 Å². The van der Waals surface area contributed by atoms with E-state index in [4.69, 9.17) is 4.42 Å². The second kappa shape index (κ2) is 7.86. The summed E-state index contributed by atoms with van der Waals surface area (Å²) in [7, 11) is 0. The van der Waals surface area contributed by atoms with Crippen LogP contribution in [0.5, 0.6) is 0 Å². The molecule has 0 bridgehead atoms. The van der Waals surface area contributed by atoms with E-state index in [0.717, 1.165) is 29.5 Å². The molecule has 1 aliphatic heterocycles. The minimum atomic E-state index is -0.0315. The standard InChI is InChI=1S/C23H24N6O2/c1-15-9-10-17(20(14-15)29-24-11-12-25-29)22(30)28-13-5-7-18(16(28)2)26-23-27-19-6-3-4-8-21(19)31-23/h3-4,6,8-12,14,16,18H,5,7,13H2,1-2H3,(H,26,27)/t16-,18+/m0/s1. The normalized spacial score (nSPS) is 19.0. The number of hydrogen-bond donors (Lipinski definition) is 1. The monoisotopic (exact) mass is 416 g/mol. The number of hydrogen-bond acceptors (Lipinski definition) is 6. The number of nitrogens with zero attached hydrogens (tertiary/aromatic N) is 5. The number of piperidine rings is 1. The van der Waals surface area contributed by atoms with Gasteiger partial charge in [0, 0.05) is 12.6 Å². The molecule has 0 unspecified atom stereocenters. The van der Waals surface area contributed by atoms with Crippen LogP contribution < -0.4 is 5.32 Å². The first-order chi connectivity index (χ1) is 15.1. The summed E-state index contributed by atoms with van der Waals surface area (Å²) in [5.74, 6) is -0.0242. The first kappa shape index (κ1) is 19.3. The molecular formula is C23H24N6O2. The highest BCUT2D eigenvalue weighted by atomic mass is 16.4. The third kappa shape index (κ3) is 3.65. The van der Waals surface area contributed by atoms with Crippen molar-refractivity contribution in [2.45, 2.75) is 38.8 Å². The van der Waals surface area contributed by atoms with Gasteiger partial charge >= 0.3 is 0 Å². The Labute approximate surface area is 179 Å². The Morgan fingerprint density at radius 3 is 2.77 bits per heavy atom. The maximum absolute atomic E-state index is 13.6. The molecule has 8 nitrogen and oxygen atoms in total. The van der Waals surface area contributed by atoms with Crippen LogP contribution in [0.3, 0.4) is 0 Å². The van der Waals surface area contributed by atoms with Crippen LogP contribution in [0.25, 0.3) is 16.8 Å². The second-order valence-corrected chi connectivity index (χ2v) is 7.96. The zero-order valence-corrected chi connectivity index (χ0v) is 17.5. The lowest BCUT2D eigenvalue weighted by Gasteiger charge is -2.39. The van der Waals surface area contributed by atoms with Gasteiger partial charge in [-0.05, 0) is 56.5 Å². The fraction of sp³-hybridized carbons (Fsp3) is 0.304. The Hall–Kier alpha value is -3.68. The van der Waals surface area contributed by atoms with Crippen molar-refractivity contribution in [3.8, 4) is 5.69 Å². The van der Waals surface area contributed by atoms with Gasteiger partial charge < -0.3 is 14.6 Å². The van der Waals surface area contributed by atoms with E-state index >= 15 is 0 Å². The second-order valence-electron chi connectivity index (χ2n) is 7.96. The maximum atomic E-state index is 13.6. The molecule has 1 fully saturated rings. The number of fused-ring (bicyclic) bond motifs is 1. The number of likely N-dealkylation sites (tertiary alicyclic amines) is 1. The van der Waals surface area contributed by atoms with Crippen LogP contribution in [0.4, 0.5) is 6.01 Å². The van der Waals surface area contributed by atoms with Crippen molar-refractivity contribution >= 4 is 23.0 Å². The Morgan fingerprint density at radius 2 is 1.97 bits per heavy atom. The molecule has 3 heterocycles. The zero-order valence-electron chi connectivity index (χ0n) is 17.5. The Balaban J connectivity index is 1.40. The highest BCUT2D eigenvalue weighted by Crippen LogP contribution is 2.26. The zero-order chi connectivity index (χ0) is 21.4. The largest absolute Gasteiger partial charge is 0.424 e. The minimum Gasteiger partial charge on any atom is -0.424 e. The van der Waals surface area contributed by atoms with Crippen molar-refractivity contribution < 1.29 is 9.21 Å². The van der Waals surface area contributed by atoms with Gasteiger partial charge in [-0.1, -0.05) is 18.2 Å². The molecule has 0 spiro atoms. The van der Waals surface area contributed by atoms with Crippen LogP contribution in [0.15, 0.2) is 59.3 Å².